The summed E-state index contributed by atoms with van der Waals surface area (Å²) in [7, 11) is 0. The van der Waals surface area contributed by atoms with Gasteiger partial charge in [0.2, 0.25) is 0 Å². The molecule has 1 aliphatic carbocycles. The van der Waals surface area contributed by atoms with Crippen molar-refractivity contribution in [2.45, 2.75) is 25.3 Å². The molecule has 6 heteroatoms. The molecule has 3 atom stereocenters. The highest BCUT2D eigenvalue weighted by Gasteiger charge is 2.42. The van der Waals surface area contributed by atoms with Crippen LogP contribution in [-0.4, -0.2) is 24.6 Å². The van der Waals surface area contributed by atoms with Crippen LogP contribution in [0.15, 0.2) is 78.9 Å². The van der Waals surface area contributed by atoms with Crippen LogP contribution in [0.2, 0.25) is 0 Å². The SMILES string of the molecule is CCOC(=O)C1Nc2c(C(=O)Oc3ccc(-c4cccc(N)c4)cc3)cccc2C2C=CCC12. The molecule has 3 aromatic carbocycles. The number of hydrogen-bond acceptors (Lipinski definition) is 6. The number of nitrogens with one attached hydrogen (secondary N) is 1. The fourth-order valence-corrected chi connectivity index (χ4v) is 4.85. The van der Waals surface area contributed by atoms with Crippen LogP contribution in [-0.2, 0) is 9.53 Å². The zero-order valence-electron chi connectivity index (χ0n) is 18.9. The van der Waals surface area contributed by atoms with E-state index in [1.165, 1.54) is 0 Å². The molecule has 3 unspecified atom stereocenters. The van der Waals surface area contributed by atoms with Gasteiger partial charge < -0.3 is 20.5 Å². The van der Waals surface area contributed by atoms with Crippen LogP contribution in [0.3, 0.4) is 0 Å². The molecule has 0 saturated carbocycles. The van der Waals surface area contributed by atoms with Crippen molar-refractivity contribution in [2.24, 2.45) is 5.92 Å². The van der Waals surface area contributed by atoms with Crippen LogP contribution in [0.4, 0.5) is 11.4 Å². The summed E-state index contributed by atoms with van der Waals surface area (Å²) in [5.74, 6) is -0.226. The Balaban J connectivity index is 1.40. The monoisotopic (exact) mass is 454 g/mol. The number of allylic oxidation sites excluding steroid dienone is 2. The Kier molecular flexibility index (Phi) is 5.80. The number of rotatable bonds is 5. The van der Waals surface area contributed by atoms with Gasteiger partial charge in [-0.25, -0.2) is 9.59 Å². The molecule has 0 spiro atoms. The van der Waals surface area contributed by atoms with E-state index in [0.717, 1.165) is 23.1 Å². The number of carbonyl (C=O) groups is 2. The molecule has 6 nitrogen and oxygen atoms in total. The number of benzene rings is 3. The Bertz CT molecular complexity index is 1270. The van der Waals surface area contributed by atoms with Gasteiger partial charge in [-0.1, -0.05) is 48.6 Å². The first kappa shape index (κ1) is 21.8. The minimum Gasteiger partial charge on any atom is -0.464 e. The Morgan fingerprint density at radius 2 is 1.82 bits per heavy atom. The molecule has 1 heterocycles. The van der Waals surface area contributed by atoms with Gasteiger partial charge in [0.25, 0.3) is 0 Å². The van der Waals surface area contributed by atoms with E-state index in [1.807, 2.05) is 48.5 Å². The van der Waals surface area contributed by atoms with Gasteiger partial charge >= 0.3 is 11.9 Å². The number of nitrogen functional groups attached to an aromatic ring is 1. The molecule has 0 bridgehead atoms. The molecule has 172 valence electrons. The van der Waals surface area contributed by atoms with Crippen molar-refractivity contribution in [1.29, 1.82) is 0 Å². The Hall–Kier alpha value is -4.06. The fourth-order valence-electron chi connectivity index (χ4n) is 4.85. The molecule has 5 rings (SSSR count). The largest absolute Gasteiger partial charge is 0.464 e. The highest BCUT2D eigenvalue weighted by atomic mass is 16.5. The van der Waals surface area contributed by atoms with E-state index in [2.05, 4.69) is 17.5 Å². The van der Waals surface area contributed by atoms with Crippen LogP contribution >= 0.6 is 0 Å². The number of anilines is 2. The quantitative estimate of drug-likeness (QED) is 0.239. The van der Waals surface area contributed by atoms with Crippen molar-refractivity contribution >= 4 is 23.3 Å². The van der Waals surface area contributed by atoms with Crippen LogP contribution in [0.25, 0.3) is 11.1 Å². The Labute approximate surface area is 198 Å². The van der Waals surface area contributed by atoms with Gasteiger partial charge in [0, 0.05) is 17.5 Å². The number of nitrogens with two attached hydrogens (primary N) is 1. The molecule has 34 heavy (non-hydrogen) atoms. The minimum atomic E-state index is -0.515. The third-order valence-electron chi connectivity index (χ3n) is 6.44. The van der Waals surface area contributed by atoms with Crippen molar-refractivity contribution in [3.05, 3.63) is 90.0 Å². The van der Waals surface area contributed by atoms with E-state index in [-0.39, 0.29) is 17.8 Å². The first-order chi connectivity index (χ1) is 16.5. The molecule has 3 aromatic rings. The molecule has 3 N–H and O–H groups in total. The van der Waals surface area contributed by atoms with E-state index in [9.17, 15) is 9.59 Å². The summed E-state index contributed by atoms with van der Waals surface area (Å²) < 4.78 is 11.0. The molecule has 1 aliphatic heterocycles. The second kappa shape index (κ2) is 9.06. The molecule has 0 radical (unpaired) electrons. The molecule has 0 fully saturated rings. The number of carbonyl (C=O) groups excluding carboxylic acids is 2. The van der Waals surface area contributed by atoms with E-state index >= 15 is 0 Å². The summed E-state index contributed by atoms with van der Waals surface area (Å²) in [6.45, 7) is 2.10. The zero-order chi connectivity index (χ0) is 23.7. The lowest BCUT2D eigenvalue weighted by molar-refractivity contribution is -0.145. The standard InChI is InChI=1S/C28H26N2O4/c1-2-33-28(32)26-23-10-4-8-21(23)22-9-5-11-24(25(22)30-26)27(31)34-20-14-12-17(13-15-20)18-6-3-7-19(29)16-18/h3-9,11-16,21,23,26,30H,2,10,29H2,1H3. The summed E-state index contributed by atoms with van der Waals surface area (Å²) in [6, 6.07) is 20.0. The number of ether oxygens (including phenoxy) is 2. The van der Waals surface area contributed by atoms with Crippen LogP contribution in [0.1, 0.15) is 35.2 Å². The highest BCUT2D eigenvalue weighted by Crippen LogP contribution is 2.46. The molecular formula is C28H26N2O4. The van der Waals surface area contributed by atoms with E-state index in [1.54, 1.807) is 25.1 Å². The van der Waals surface area contributed by atoms with Gasteiger partial charge in [-0.05, 0) is 60.4 Å². The zero-order valence-corrected chi connectivity index (χ0v) is 18.9. The number of esters is 2. The second-order valence-corrected chi connectivity index (χ2v) is 8.54. The Morgan fingerprint density at radius 1 is 1.03 bits per heavy atom. The molecule has 2 aliphatic rings. The third kappa shape index (κ3) is 4.03. The fraction of sp³-hybridized carbons (Fsp3) is 0.214. The van der Waals surface area contributed by atoms with Crippen LogP contribution in [0, 0.1) is 5.92 Å². The maximum Gasteiger partial charge on any atom is 0.345 e. The van der Waals surface area contributed by atoms with Crippen LogP contribution in [0.5, 0.6) is 5.75 Å². The van der Waals surface area contributed by atoms with Gasteiger partial charge in [0.15, 0.2) is 0 Å². The van der Waals surface area contributed by atoms with E-state index in [0.29, 0.717) is 29.3 Å². The Morgan fingerprint density at radius 3 is 2.59 bits per heavy atom. The first-order valence-electron chi connectivity index (χ1n) is 11.5. The average molecular weight is 455 g/mol. The van der Waals surface area contributed by atoms with Gasteiger partial charge in [-0.3, -0.25) is 0 Å². The normalized spacial score (nSPS) is 20.1. The predicted molar refractivity (Wildman–Crippen MR) is 132 cm³/mol. The summed E-state index contributed by atoms with van der Waals surface area (Å²) in [5.41, 5.74) is 10.6. The van der Waals surface area contributed by atoms with Crippen molar-refractivity contribution in [3.63, 3.8) is 0 Å². The first-order valence-corrected chi connectivity index (χ1v) is 11.5. The number of hydrogen-bond donors (Lipinski definition) is 2. The maximum absolute atomic E-state index is 13.2. The van der Waals surface area contributed by atoms with Gasteiger partial charge in [-0.2, -0.15) is 0 Å². The lowest BCUT2D eigenvalue weighted by atomic mass is 9.78. The van der Waals surface area contributed by atoms with Crippen molar-refractivity contribution in [1.82, 2.24) is 0 Å². The molecule has 0 amide bonds. The molecule has 0 saturated heterocycles. The smallest absolute Gasteiger partial charge is 0.345 e. The number of para-hydroxylation sites is 1. The summed E-state index contributed by atoms with van der Waals surface area (Å²) >= 11 is 0. The van der Waals surface area contributed by atoms with E-state index < -0.39 is 12.0 Å². The predicted octanol–water partition coefficient (Wildman–Crippen LogP) is 5.17. The number of fused-ring (bicyclic) bond motifs is 3. The van der Waals surface area contributed by atoms with Gasteiger partial charge in [0.1, 0.15) is 11.8 Å². The lowest BCUT2D eigenvalue weighted by Gasteiger charge is -2.36. The molecule has 0 aromatic heterocycles. The van der Waals surface area contributed by atoms with Crippen molar-refractivity contribution in [3.8, 4) is 16.9 Å². The lowest BCUT2D eigenvalue weighted by Crippen LogP contribution is -2.43. The van der Waals surface area contributed by atoms with Gasteiger partial charge in [0.05, 0.1) is 17.9 Å². The van der Waals surface area contributed by atoms with Crippen molar-refractivity contribution in [2.75, 3.05) is 17.7 Å². The maximum atomic E-state index is 13.2. The van der Waals surface area contributed by atoms with E-state index in [4.69, 9.17) is 15.2 Å². The molecular weight excluding hydrogens is 428 g/mol. The van der Waals surface area contributed by atoms with Crippen molar-refractivity contribution < 1.29 is 19.1 Å². The van der Waals surface area contributed by atoms with Crippen LogP contribution < -0.4 is 15.8 Å². The second-order valence-electron chi connectivity index (χ2n) is 8.54. The summed E-state index contributed by atoms with van der Waals surface area (Å²) in [5, 5.41) is 3.30. The summed E-state index contributed by atoms with van der Waals surface area (Å²) in [4.78, 5) is 25.8. The third-order valence-corrected chi connectivity index (χ3v) is 6.44. The minimum absolute atomic E-state index is 0.0519. The summed E-state index contributed by atoms with van der Waals surface area (Å²) in [6.07, 6.45) is 4.99. The average Bonchev–Trinajstić information content (AvgIpc) is 3.34. The highest BCUT2D eigenvalue weighted by molar-refractivity contribution is 5.99. The topological polar surface area (TPSA) is 90.6 Å². The van der Waals surface area contributed by atoms with Gasteiger partial charge in [-0.15, -0.1) is 0 Å².